The van der Waals surface area contributed by atoms with Gasteiger partial charge in [0, 0.05) is 11.3 Å². The molecule has 0 fully saturated rings. The molecule has 0 atom stereocenters. The Labute approximate surface area is 135 Å². The first-order valence-electron chi connectivity index (χ1n) is 7.41. The van der Waals surface area contributed by atoms with Gasteiger partial charge >= 0.3 is 0 Å². The van der Waals surface area contributed by atoms with Gasteiger partial charge in [0.1, 0.15) is 12.7 Å². The van der Waals surface area contributed by atoms with Gasteiger partial charge in [0.05, 0.1) is 6.54 Å². The summed E-state index contributed by atoms with van der Waals surface area (Å²) in [5.74, 6) is -0.109. The molecule has 0 aliphatic carbocycles. The molecule has 3 rings (SSSR count). The molecule has 0 saturated heterocycles. The van der Waals surface area contributed by atoms with Gasteiger partial charge in [0.2, 0.25) is 0 Å². The molecule has 0 aliphatic rings. The van der Waals surface area contributed by atoms with Crippen LogP contribution in [-0.2, 0) is 6.54 Å². The standard InChI is InChI=1S/C18H18N4O/c1-13-7-14(2)9-17(8-13)21-18(23)16-5-3-15(4-6-16)10-22-12-19-11-20-22/h3-9,11-12H,10H2,1-2H3,(H,21,23). The molecule has 5 nitrogen and oxygen atoms in total. The number of nitrogens with one attached hydrogen (secondary N) is 1. The van der Waals surface area contributed by atoms with Crippen molar-refractivity contribution in [2.75, 3.05) is 5.32 Å². The summed E-state index contributed by atoms with van der Waals surface area (Å²) >= 11 is 0. The maximum absolute atomic E-state index is 12.3. The zero-order chi connectivity index (χ0) is 16.2. The highest BCUT2D eigenvalue weighted by Crippen LogP contribution is 2.15. The van der Waals surface area contributed by atoms with Gasteiger partial charge in [-0.2, -0.15) is 5.10 Å². The number of carbonyl (C=O) groups excluding carboxylic acids is 1. The Bertz CT molecular complexity index is 787. The molecule has 0 saturated carbocycles. The van der Waals surface area contributed by atoms with Crippen LogP contribution < -0.4 is 5.32 Å². The van der Waals surface area contributed by atoms with E-state index in [1.54, 1.807) is 11.0 Å². The van der Waals surface area contributed by atoms with E-state index in [2.05, 4.69) is 21.5 Å². The topological polar surface area (TPSA) is 59.8 Å². The van der Waals surface area contributed by atoms with Crippen molar-refractivity contribution in [1.82, 2.24) is 14.8 Å². The number of hydrogen-bond donors (Lipinski definition) is 1. The number of benzene rings is 2. The lowest BCUT2D eigenvalue weighted by Gasteiger charge is -2.08. The Balaban J connectivity index is 1.70. The number of carbonyl (C=O) groups is 1. The molecule has 1 amide bonds. The molecule has 0 bridgehead atoms. The highest BCUT2D eigenvalue weighted by molar-refractivity contribution is 6.04. The van der Waals surface area contributed by atoms with Gasteiger partial charge in [0.15, 0.2) is 0 Å². The minimum Gasteiger partial charge on any atom is -0.322 e. The highest BCUT2D eigenvalue weighted by atomic mass is 16.1. The van der Waals surface area contributed by atoms with E-state index < -0.39 is 0 Å². The summed E-state index contributed by atoms with van der Waals surface area (Å²) in [7, 11) is 0. The number of aromatic nitrogens is 3. The van der Waals surface area contributed by atoms with E-state index in [0.717, 1.165) is 22.4 Å². The van der Waals surface area contributed by atoms with Crippen molar-refractivity contribution < 1.29 is 4.79 Å². The van der Waals surface area contributed by atoms with Crippen molar-refractivity contribution in [3.05, 3.63) is 77.4 Å². The third-order valence-corrected chi connectivity index (χ3v) is 3.51. The third-order valence-electron chi connectivity index (χ3n) is 3.51. The molecule has 1 heterocycles. The largest absolute Gasteiger partial charge is 0.322 e. The summed E-state index contributed by atoms with van der Waals surface area (Å²) in [5, 5.41) is 7.01. The molecule has 2 aromatic carbocycles. The second-order valence-corrected chi connectivity index (χ2v) is 5.62. The van der Waals surface area contributed by atoms with Gasteiger partial charge in [-0.15, -0.1) is 0 Å². The predicted octanol–water partition coefficient (Wildman–Crippen LogP) is 3.20. The molecule has 3 aromatic rings. The van der Waals surface area contributed by atoms with Crippen LogP contribution in [0.2, 0.25) is 0 Å². The predicted molar refractivity (Wildman–Crippen MR) is 89.4 cm³/mol. The van der Waals surface area contributed by atoms with Gasteiger partial charge in [-0.25, -0.2) is 9.67 Å². The first-order chi connectivity index (χ1) is 11.1. The van der Waals surface area contributed by atoms with Crippen LogP contribution in [0.5, 0.6) is 0 Å². The number of anilines is 1. The molecule has 116 valence electrons. The third kappa shape index (κ3) is 3.83. The molecule has 1 N–H and O–H groups in total. The fourth-order valence-electron chi connectivity index (χ4n) is 2.51. The monoisotopic (exact) mass is 306 g/mol. The smallest absolute Gasteiger partial charge is 0.255 e. The van der Waals surface area contributed by atoms with Crippen molar-refractivity contribution in [2.24, 2.45) is 0 Å². The Kier molecular flexibility index (Phi) is 4.19. The molecule has 5 heteroatoms. The zero-order valence-electron chi connectivity index (χ0n) is 13.2. The first-order valence-corrected chi connectivity index (χ1v) is 7.41. The van der Waals surface area contributed by atoms with Gasteiger partial charge in [-0.05, 0) is 54.8 Å². The van der Waals surface area contributed by atoms with Gasteiger partial charge in [-0.3, -0.25) is 4.79 Å². The van der Waals surface area contributed by atoms with Crippen LogP contribution in [0, 0.1) is 13.8 Å². The number of amides is 1. The summed E-state index contributed by atoms with van der Waals surface area (Å²) in [6, 6.07) is 13.5. The van der Waals surface area contributed by atoms with E-state index in [4.69, 9.17) is 0 Å². The van der Waals surface area contributed by atoms with Crippen molar-refractivity contribution >= 4 is 11.6 Å². The molecule has 0 spiro atoms. The highest BCUT2D eigenvalue weighted by Gasteiger charge is 2.07. The lowest BCUT2D eigenvalue weighted by atomic mass is 10.1. The molecule has 1 aromatic heterocycles. The summed E-state index contributed by atoms with van der Waals surface area (Å²) in [5.41, 5.74) is 4.77. The summed E-state index contributed by atoms with van der Waals surface area (Å²) < 4.78 is 1.74. The minimum absolute atomic E-state index is 0.109. The maximum Gasteiger partial charge on any atom is 0.255 e. The molecular weight excluding hydrogens is 288 g/mol. The fraction of sp³-hybridized carbons (Fsp3) is 0.167. The van der Waals surface area contributed by atoms with Crippen LogP contribution in [0.1, 0.15) is 27.0 Å². The second kappa shape index (κ2) is 6.44. The molecule has 0 unspecified atom stereocenters. The number of nitrogens with zero attached hydrogens (tertiary/aromatic N) is 3. The normalized spacial score (nSPS) is 10.5. The van der Waals surface area contributed by atoms with E-state index in [1.165, 1.54) is 6.33 Å². The van der Waals surface area contributed by atoms with E-state index in [9.17, 15) is 4.79 Å². The number of hydrogen-bond acceptors (Lipinski definition) is 3. The molecule has 0 aliphatic heterocycles. The lowest BCUT2D eigenvalue weighted by Crippen LogP contribution is -2.12. The summed E-state index contributed by atoms with van der Waals surface area (Å²) in [4.78, 5) is 16.2. The van der Waals surface area contributed by atoms with Gasteiger partial charge in [-0.1, -0.05) is 18.2 Å². The van der Waals surface area contributed by atoms with Crippen LogP contribution in [0.4, 0.5) is 5.69 Å². The Morgan fingerprint density at radius 1 is 1.09 bits per heavy atom. The lowest BCUT2D eigenvalue weighted by molar-refractivity contribution is 0.102. The summed E-state index contributed by atoms with van der Waals surface area (Å²) in [6.07, 6.45) is 3.17. The zero-order valence-corrected chi connectivity index (χ0v) is 13.2. The van der Waals surface area contributed by atoms with Crippen molar-refractivity contribution in [3.63, 3.8) is 0 Å². The van der Waals surface area contributed by atoms with Crippen molar-refractivity contribution in [2.45, 2.75) is 20.4 Å². The van der Waals surface area contributed by atoms with Gasteiger partial charge in [0.25, 0.3) is 5.91 Å². The summed E-state index contributed by atoms with van der Waals surface area (Å²) in [6.45, 7) is 4.67. The number of aryl methyl sites for hydroxylation is 2. The van der Waals surface area contributed by atoms with E-state index >= 15 is 0 Å². The van der Waals surface area contributed by atoms with E-state index in [-0.39, 0.29) is 5.91 Å². The van der Waals surface area contributed by atoms with Crippen LogP contribution >= 0.6 is 0 Å². The molecule has 23 heavy (non-hydrogen) atoms. The van der Waals surface area contributed by atoms with Crippen LogP contribution in [-0.4, -0.2) is 20.7 Å². The second-order valence-electron chi connectivity index (χ2n) is 5.62. The quantitative estimate of drug-likeness (QED) is 0.805. The molecular formula is C18H18N4O. The SMILES string of the molecule is Cc1cc(C)cc(NC(=O)c2ccc(Cn3cncn3)cc2)c1. The minimum atomic E-state index is -0.109. The van der Waals surface area contributed by atoms with E-state index in [1.807, 2.05) is 50.2 Å². The van der Waals surface area contributed by atoms with Crippen LogP contribution in [0.25, 0.3) is 0 Å². The maximum atomic E-state index is 12.3. The van der Waals surface area contributed by atoms with Crippen molar-refractivity contribution in [1.29, 1.82) is 0 Å². The average Bonchev–Trinajstić information content (AvgIpc) is 3.00. The van der Waals surface area contributed by atoms with Crippen LogP contribution in [0.15, 0.2) is 55.1 Å². The van der Waals surface area contributed by atoms with Crippen LogP contribution in [0.3, 0.4) is 0 Å². The Hall–Kier alpha value is -2.95. The number of rotatable bonds is 4. The first kappa shape index (κ1) is 15.0. The Morgan fingerprint density at radius 2 is 1.78 bits per heavy atom. The molecule has 0 radical (unpaired) electrons. The van der Waals surface area contributed by atoms with Gasteiger partial charge < -0.3 is 5.32 Å². The Morgan fingerprint density at radius 3 is 2.39 bits per heavy atom. The fourth-order valence-corrected chi connectivity index (χ4v) is 2.51. The van der Waals surface area contributed by atoms with Crippen molar-refractivity contribution in [3.8, 4) is 0 Å². The average molecular weight is 306 g/mol. The van der Waals surface area contributed by atoms with E-state index in [0.29, 0.717) is 12.1 Å².